The monoisotopic (exact) mass is 264 g/mol. The number of benzene rings is 1. The molecule has 106 valence electrons. The molecule has 0 spiro atoms. The van der Waals surface area contributed by atoms with Crippen LogP contribution in [0.3, 0.4) is 0 Å². The van der Waals surface area contributed by atoms with Gasteiger partial charge in [0.15, 0.2) is 0 Å². The first kappa shape index (κ1) is 15.3. The van der Waals surface area contributed by atoms with Crippen molar-refractivity contribution in [1.82, 2.24) is 10.6 Å². The van der Waals surface area contributed by atoms with Crippen molar-refractivity contribution in [3.05, 3.63) is 28.8 Å². The van der Waals surface area contributed by atoms with Gasteiger partial charge in [0.1, 0.15) is 5.75 Å². The molecule has 0 aromatic heterocycles. The first-order chi connectivity index (χ1) is 8.73. The van der Waals surface area contributed by atoms with Crippen molar-refractivity contribution in [3.8, 4) is 5.75 Å². The van der Waals surface area contributed by atoms with Crippen molar-refractivity contribution in [2.75, 3.05) is 7.11 Å². The summed E-state index contributed by atoms with van der Waals surface area (Å²) >= 11 is 0. The summed E-state index contributed by atoms with van der Waals surface area (Å²) in [4.78, 5) is 11.7. The van der Waals surface area contributed by atoms with E-state index in [1.165, 1.54) is 0 Å². The molecule has 1 rings (SSSR count). The number of aryl methyl sites for hydroxylation is 2. The number of nitrogens with one attached hydrogen (secondary N) is 2. The molecule has 0 heterocycles. The molecule has 0 aliphatic heterocycles. The molecule has 0 saturated heterocycles. The molecule has 0 aliphatic carbocycles. The maximum atomic E-state index is 11.7. The number of carbonyl (C=O) groups is 1. The van der Waals surface area contributed by atoms with Gasteiger partial charge in [-0.15, -0.1) is 0 Å². The molecule has 0 fully saturated rings. The molecule has 0 unspecified atom stereocenters. The van der Waals surface area contributed by atoms with Gasteiger partial charge in [-0.05, 0) is 40.2 Å². The van der Waals surface area contributed by atoms with Crippen LogP contribution < -0.4 is 15.4 Å². The summed E-state index contributed by atoms with van der Waals surface area (Å²) in [6.45, 7) is 10.3. The Labute approximate surface area is 115 Å². The zero-order valence-corrected chi connectivity index (χ0v) is 12.7. The summed E-state index contributed by atoms with van der Waals surface area (Å²) in [7, 11) is 1.65. The summed E-state index contributed by atoms with van der Waals surface area (Å²) in [6.07, 6.45) is 0. The summed E-state index contributed by atoms with van der Waals surface area (Å²) < 4.78 is 5.39. The molecule has 0 aliphatic rings. The van der Waals surface area contributed by atoms with Crippen LogP contribution in [0.1, 0.15) is 37.5 Å². The van der Waals surface area contributed by atoms with E-state index in [-0.39, 0.29) is 11.6 Å². The highest BCUT2D eigenvalue weighted by Crippen LogP contribution is 2.24. The third-order valence-electron chi connectivity index (χ3n) is 2.63. The zero-order chi connectivity index (χ0) is 14.6. The molecule has 1 aromatic carbocycles. The van der Waals surface area contributed by atoms with Crippen LogP contribution in [0, 0.1) is 13.8 Å². The molecule has 4 heteroatoms. The number of rotatable bonds is 3. The number of carbonyl (C=O) groups excluding carboxylic acids is 1. The second-order valence-corrected chi connectivity index (χ2v) is 5.83. The molecule has 0 radical (unpaired) electrons. The highest BCUT2D eigenvalue weighted by atomic mass is 16.5. The van der Waals surface area contributed by atoms with E-state index < -0.39 is 0 Å². The Morgan fingerprint density at radius 3 is 2.42 bits per heavy atom. The Hall–Kier alpha value is -1.71. The Kier molecular flexibility index (Phi) is 4.81. The Bertz CT molecular complexity index is 462. The summed E-state index contributed by atoms with van der Waals surface area (Å²) in [5.41, 5.74) is 2.99. The molecule has 2 N–H and O–H groups in total. The molecule has 0 saturated carbocycles. The number of urea groups is 1. The Morgan fingerprint density at radius 1 is 1.26 bits per heavy atom. The van der Waals surface area contributed by atoms with E-state index in [2.05, 4.69) is 16.7 Å². The van der Waals surface area contributed by atoms with Gasteiger partial charge in [-0.1, -0.05) is 17.7 Å². The Balaban J connectivity index is 2.75. The molecular weight excluding hydrogens is 240 g/mol. The minimum Gasteiger partial charge on any atom is -0.496 e. The number of amides is 2. The minimum atomic E-state index is -0.239. The SMILES string of the molecule is COc1c(C)cc(C)cc1CNC(=O)NC(C)(C)C. The predicted molar refractivity (Wildman–Crippen MR) is 77.6 cm³/mol. The van der Waals surface area contributed by atoms with Crippen molar-refractivity contribution in [1.29, 1.82) is 0 Å². The van der Waals surface area contributed by atoms with Gasteiger partial charge in [-0.25, -0.2) is 4.79 Å². The van der Waals surface area contributed by atoms with Gasteiger partial charge in [0, 0.05) is 17.6 Å². The number of hydrogen-bond acceptors (Lipinski definition) is 2. The number of hydrogen-bond donors (Lipinski definition) is 2. The van der Waals surface area contributed by atoms with E-state index >= 15 is 0 Å². The van der Waals surface area contributed by atoms with Gasteiger partial charge in [0.05, 0.1) is 7.11 Å². The standard InChI is InChI=1S/C15H24N2O2/c1-10-7-11(2)13(19-6)12(8-10)9-16-14(18)17-15(3,4)5/h7-8H,9H2,1-6H3,(H2,16,17,18). The van der Waals surface area contributed by atoms with Crippen LogP contribution in [-0.2, 0) is 6.54 Å². The second-order valence-electron chi connectivity index (χ2n) is 5.83. The predicted octanol–water partition coefficient (Wildman–Crippen LogP) is 2.91. The molecule has 0 bridgehead atoms. The van der Waals surface area contributed by atoms with E-state index in [0.29, 0.717) is 6.54 Å². The maximum absolute atomic E-state index is 11.7. The first-order valence-corrected chi connectivity index (χ1v) is 6.43. The highest BCUT2D eigenvalue weighted by Gasteiger charge is 2.14. The minimum absolute atomic E-state index is 0.172. The van der Waals surface area contributed by atoms with Gasteiger partial charge in [-0.2, -0.15) is 0 Å². The third kappa shape index (κ3) is 4.81. The van der Waals surface area contributed by atoms with Crippen molar-refractivity contribution in [2.24, 2.45) is 0 Å². The summed E-state index contributed by atoms with van der Waals surface area (Å²) in [5.74, 6) is 0.835. The van der Waals surface area contributed by atoms with Crippen LogP contribution in [0.2, 0.25) is 0 Å². The first-order valence-electron chi connectivity index (χ1n) is 6.43. The van der Waals surface area contributed by atoms with Gasteiger partial charge < -0.3 is 15.4 Å². The van der Waals surface area contributed by atoms with Crippen LogP contribution in [0.15, 0.2) is 12.1 Å². The average Bonchev–Trinajstić information content (AvgIpc) is 2.23. The lowest BCUT2D eigenvalue weighted by molar-refractivity contribution is 0.231. The van der Waals surface area contributed by atoms with E-state index in [1.54, 1.807) is 7.11 Å². The zero-order valence-electron chi connectivity index (χ0n) is 12.7. The molecular formula is C15H24N2O2. The molecule has 19 heavy (non-hydrogen) atoms. The summed E-state index contributed by atoms with van der Waals surface area (Å²) in [6, 6.07) is 3.93. The van der Waals surface area contributed by atoms with E-state index in [0.717, 1.165) is 22.4 Å². The van der Waals surface area contributed by atoms with Gasteiger partial charge >= 0.3 is 6.03 Å². The smallest absolute Gasteiger partial charge is 0.315 e. The summed E-state index contributed by atoms with van der Waals surface area (Å²) in [5, 5.41) is 5.72. The average molecular weight is 264 g/mol. The quantitative estimate of drug-likeness (QED) is 0.882. The van der Waals surface area contributed by atoms with Crippen molar-refractivity contribution >= 4 is 6.03 Å². The van der Waals surface area contributed by atoms with Crippen molar-refractivity contribution in [3.63, 3.8) is 0 Å². The topological polar surface area (TPSA) is 50.4 Å². The second kappa shape index (κ2) is 5.95. The lowest BCUT2D eigenvalue weighted by atomic mass is 10.1. The van der Waals surface area contributed by atoms with E-state index in [1.807, 2.05) is 40.7 Å². The fourth-order valence-electron chi connectivity index (χ4n) is 2.03. The van der Waals surface area contributed by atoms with Crippen LogP contribution in [-0.4, -0.2) is 18.7 Å². The van der Waals surface area contributed by atoms with Crippen LogP contribution >= 0.6 is 0 Å². The Morgan fingerprint density at radius 2 is 1.89 bits per heavy atom. The van der Waals surface area contributed by atoms with E-state index in [9.17, 15) is 4.79 Å². The maximum Gasteiger partial charge on any atom is 0.315 e. The molecule has 4 nitrogen and oxygen atoms in total. The molecule has 0 atom stereocenters. The number of ether oxygens (including phenoxy) is 1. The lowest BCUT2D eigenvalue weighted by Crippen LogP contribution is -2.46. The molecule has 2 amide bonds. The van der Waals surface area contributed by atoms with Crippen molar-refractivity contribution in [2.45, 2.75) is 46.7 Å². The molecule has 1 aromatic rings. The van der Waals surface area contributed by atoms with Crippen molar-refractivity contribution < 1.29 is 9.53 Å². The van der Waals surface area contributed by atoms with Gasteiger partial charge in [0.25, 0.3) is 0 Å². The van der Waals surface area contributed by atoms with Gasteiger partial charge in [-0.3, -0.25) is 0 Å². The third-order valence-corrected chi connectivity index (χ3v) is 2.63. The van der Waals surface area contributed by atoms with E-state index in [4.69, 9.17) is 4.74 Å². The van der Waals surface area contributed by atoms with Gasteiger partial charge in [0.2, 0.25) is 0 Å². The van der Waals surface area contributed by atoms with Crippen LogP contribution in [0.4, 0.5) is 4.79 Å². The van der Waals surface area contributed by atoms with Crippen LogP contribution in [0.5, 0.6) is 5.75 Å². The largest absolute Gasteiger partial charge is 0.496 e. The lowest BCUT2D eigenvalue weighted by Gasteiger charge is -2.21. The fraction of sp³-hybridized carbons (Fsp3) is 0.533. The highest BCUT2D eigenvalue weighted by molar-refractivity contribution is 5.74. The normalized spacial score (nSPS) is 11.1. The number of methoxy groups -OCH3 is 1. The fourth-order valence-corrected chi connectivity index (χ4v) is 2.03. The van der Waals surface area contributed by atoms with Crippen LogP contribution in [0.25, 0.3) is 0 Å².